The van der Waals surface area contributed by atoms with Gasteiger partial charge in [0, 0.05) is 17.6 Å². The van der Waals surface area contributed by atoms with Gasteiger partial charge in [-0.2, -0.15) is 0 Å². The van der Waals surface area contributed by atoms with Gasteiger partial charge < -0.3 is 4.74 Å². The topological polar surface area (TPSA) is 60.4 Å². The van der Waals surface area contributed by atoms with Crippen molar-refractivity contribution in [3.8, 4) is 5.75 Å². The van der Waals surface area contributed by atoms with E-state index >= 15 is 0 Å². The molecule has 0 aliphatic heterocycles. The number of thioether (sulfide) groups is 1. The highest BCUT2D eigenvalue weighted by Gasteiger charge is 2.07. The molecule has 0 aliphatic rings. The molecule has 0 saturated heterocycles. The number of benzene rings is 2. The van der Waals surface area contributed by atoms with Gasteiger partial charge in [-0.3, -0.25) is 4.79 Å². The Morgan fingerprint density at radius 3 is 2.41 bits per heavy atom. The van der Waals surface area contributed by atoms with Gasteiger partial charge in [-0.15, -0.1) is 11.8 Å². The Kier molecular flexibility index (Phi) is 8.48. The molecule has 0 unspecified atom stereocenters. The summed E-state index contributed by atoms with van der Waals surface area (Å²) in [6.45, 7) is 0.00284. The minimum atomic E-state index is -3.06. The van der Waals surface area contributed by atoms with Crippen LogP contribution in [0.5, 0.6) is 5.75 Å². The molecule has 2 aromatic rings. The first-order chi connectivity index (χ1) is 12.7. The van der Waals surface area contributed by atoms with Crippen LogP contribution in [-0.2, 0) is 20.4 Å². The molecule has 8 heteroatoms. The first-order valence-corrected chi connectivity index (χ1v) is 12.0. The predicted molar refractivity (Wildman–Crippen MR) is 112 cm³/mol. The molecule has 0 aromatic heterocycles. The van der Waals surface area contributed by atoms with Gasteiger partial charge in [-0.05, 0) is 48.1 Å². The fraction of sp³-hybridized carbons (Fsp3) is 0.316. The van der Waals surface area contributed by atoms with Crippen molar-refractivity contribution in [2.75, 3.05) is 18.6 Å². The molecular formula is C19H20Cl2O4S2. The van der Waals surface area contributed by atoms with Crippen LogP contribution in [0, 0.1) is 0 Å². The van der Waals surface area contributed by atoms with E-state index in [0.717, 1.165) is 17.1 Å². The van der Waals surface area contributed by atoms with Gasteiger partial charge in [-0.25, -0.2) is 8.42 Å². The Hall–Kier alpha value is -1.21. The highest BCUT2D eigenvalue weighted by atomic mass is 35.5. The summed E-state index contributed by atoms with van der Waals surface area (Å²) in [4.78, 5) is 12.9. The summed E-state index contributed by atoms with van der Waals surface area (Å²) in [5.41, 5.74) is 0.690. The Morgan fingerprint density at radius 1 is 1.07 bits per heavy atom. The maximum Gasteiger partial charge on any atom is 0.170 e. The highest BCUT2D eigenvalue weighted by molar-refractivity contribution is 7.99. The normalized spacial score (nSPS) is 11.4. The largest absolute Gasteiger partial charge is 0.486 e. The predicted octanol–water partition coefficient (Wildman–Crippen LogP) is 5.06. The number of carbonyl (C=O) groups is 1. The van der Waals surface area contributed by atoms with Crippen LogP contribution < -0.4 is 4.74 Å². The van der Waals surface area contributed by atoms with Gasteiger partial charge in [0.1, 0.15) is 12.4 Å². The van der Waals surface area contributed by atoms with E-state index in [4.69, 9.17) is 27.9 Å². The second-order valence-corrected chi connectivity index (χ2v) is 10.2. The third-order valence-corrected chi connectivity index (χ3v) is 6.19. The van der Waals surface area contributed by atoms with E-state index in [1.165, 1.54) is 6.26 Å². The lowest BCUT2D eigenvalue weighted by molar-refractivity contribution is -0.121. The fourth-order valence-corrected chi connectivity index (χ4v) is 4.30. The summed E-state index contributed by atoms with van der Waals surface area (Å²) < 4.78 is 28.0. The Balaban J connectivity index is 1.67. The average molecular weight is 447 g/mol. The number of carbonyl (C=O) groups excluding carboxylic acids is 1. The van der Waals surface area contributed by atoms with Crippen molar-refractivity contribution in [2.24, 2.45) is 0 Å². The van der Waals surface area contributed by atoms with Crippen LogP contribution in [-0.4, -0.2) is 32.8 Å². The van der Waals surface area contributed by atoms with Crippen LogP contribution in [0.1, 0.15) is 18.4 Å². The Labute approximate surface area is 174 Å². The summed E-state index contributed by atoms with van der Waals surface area (Å²) in [7, 11) is -3.06. The van der Waals surface area contributed by atoms with Crippen molar-refractivity contribution in [1.29, 1.82) is 0 Å². The molecular weight excluding hydrogens is 427 g/mol. The van der Waals surface area contributed by atoms with Crippen LogP contribution in [0.3, 0.4) is 0 Å². The maximum absolute atomic E-state index is 11.9. The fourth-order valence-electron chi connectivity index (χ4n) is 2.25. The molecule has 4 nitrogen and oxygen atoms in total. The molecule has 2 rings (SSSR count). The van der Waals surface area contributed by atoms with Crippen LogP contribution in [0.25, 0.3) is 0 Å². The minimum Gasteiger partial charge on any atom is -0.486 e. The third-order valence-electron chi connectivity index (χ3n) is 3.51. The zero-order chi connectivity index (χ0) is 19.9. The lowest BCUT2D eigenvalue weighted by Gasteiger charge is -2.07. The number of Topliss-reactive ketones (excluding diaryl/α,β-unsaturated/α-hetero) is 1. The summed E-state index contributed by atoms with van der Waals surface area (Å²) >= 11 is 13.5. The van der Waals surface area contributed by atoms with Crippen LogP contribution in [0.4, 0.5) is 0 Å². The van der Waals surface area contributed by atoms with Gasteiger partial charge in [0.25, 0.3) is 0 Å². The van der Waals surface area contributed by atoms with Gasteiger partial charge in [-0.1, -0.05) is 35.3 Å². The van der Waals surface area contributed by atoms with Crippen molar-refractivity contribution in [3.63, 3.8) is 0 Å². The molecule has 146 valence electrons. The number of hydrogen-bond donors (Lipinski definition) is 0. The van der Waals surface area contributed by atoms with Gasteiger partial charge in [0.05, 0.1) is 15.8 Å². The number of sulfone groups is 1. The second kappa shape index (κ2) is 10.4. The number of ether oxygens (including phenoxy) is 1. The lowest BCUT2D eigenvalue weighted by atomic mass is 10.2. The molecule has 0 saturated carbocycles. The summed E-state index contributed by atoms with van der Waals surface area (Å²) in [5, 5.41) is 1.05. The van der Waals surface area contributed by atoms with Crippen LogP contribution >= 0.6 is 35.0 Å². The zero-order valence-corrected chi connectivity index (χ0v) is 17.9. The van der Waals surface area contributed by atoms with Crippen molar-refractivity contribution >= 4 is 50.6 Å². The molecule has 0 heterocycles. The number of ketones is 1. The number of hydrogen-bond acceptors (Lipinski definition) is 5. The lowest BCUT2D eigenvalue weighted by Crippen LogP contribution is -2.11. The van der Waals surface area contributed by atoms with E-state index in [0.29, 0.717) is 27.8 Å². The Bertz CT molecular complexity index is 881. The molecule has 0 fully saturated rings. The molecule has 0 amide bonds. The zero-order valence-electron chi connectivity index (χ0n) is 14.8. The van der Waals surface area contributed by atoms with Gasteiger partial charge in [0.2, 0.25) is 0 Å². The van der Waals surface area contributed by atoms with Crippen molar-refractivity contribution in [2.45, 2.75) is 23.5 Å². The molecule has 0 atom stereocenters. The highest BCUT2D eigenvalue weighted by Crippen LogP contribution is 2.28. The average Bonchev–Trinajstić information content (AvgIpc) is 2.60. The molecule has 0 aliphatic carbocycles. The second-order valence-electron chi connectivity index (χ2n) is 6.07. The standard InChI is InChI=1S/C19H20Cl2O4S2/c1-27(23,24)13-14-4-6-16(7-5-14)25-12-15(22)3-2-10-26-17-8-9-18(20)19(21)11-17/h4-9,11H,2-3,10,12-13H2,1H3. The Morgan fingerprint density at radius 2 is 1.78 bits per heavy atom. The van der Waals surface area contributed by atoms with E-state index in [2.05, 4.69) is 0 Å². The van der Waals surface area contributed by atoms with E-state index in [1.807, 2.05) is 12.1 Å². The number of halogens is 2. The summed E-state index contributed by atoms with van der Waals surface area (Å²) in [6.07, 6.45) is 2.36. The number of rotatable bonds is 10. The van der Waals surface area contributed by atoms with Crippen molar-refractivity contribution in [1.82, 2.24) is 0 Å². The first-order valence-electron chi connectivity index (χ1n) is 8.22. The smallest absolute Gasteiger partial charge is 0.170 e. The molecule has 0 spiro atoms. The molecule has 0 bridgehead atoms. The molecule has 0 radical (unpaired) electrons. The van der Waals surface area contributed by atoms with E-state index in [9.17, 15) is 13.2 Å². The van der Waals surface area contributed by atoms with Crippen molar-refractivity contribution < 1.29 is 17.9 Å². The molecule has 0 N–H and O–H groups in total. The van der Waals surface area contributed by atoms with Gasteiger partial charge >= 0.3 is 0 Å². The van der Waals surface area contributed by atoms with E-state index < -0.39 is 9.84 Å². The van der Waals surface area contributed by atoms with E-state index in [-0.39, 0.29) is 18.1 Å². The summed E-state index contributed by atoms with van der Waals surface area (Å²) in [5.74, 6) is 1.35. The van der Waals surface area contributed by atoms with Gasteiger partial charge in [0.15, 0.2) is 15.6 Å². The van der Waals surface area contributed by atoms with Crippen molar-refractivity contribution in [3.05, 3.63) is 58.1 Å². The monoisotopic (exact) mass is 446 g/mol. The van der Waals surface area contributed by atoms with Crippen LogP contribution in [0.15, 0.2) is 47.4 Å². The SMILES string of the molecule is CS(=O)(=O)Cc1ccc(OCC(=O)CCCSc2ccc(Cl)c(Cl)c2)cc1. The summed E-state index contributed by atoms with van der Waals surface area (Å²) in [6, 6.07) is 12.2. The molecule has 2 aromatic carbocycles. The minimum absolute atomic E-state index is 0.00284. The van der Waals surface area contributed by atoms with E-state index in [1.54, 1.807) is 42.1 Å². The third kappa shape index (κ3) is 8.56. The molecule has 27 heavy (non-hydrogen) atoms. The maximum atomic E-state index is 11.9. The quantitative estimate of drug-likeness (QED) is 0.377. The van der Waals surface area contributed by atoms with Crippen LogP contribution in [0.2, 0.25) is 10.0 Å². The first kappa shape index (κ1) is 22.1.